The number of amides is 1. The molecule has 1 aromatic rings. The van der Waals surface area contributed by atoms with Crippen molar-refractivity contribution in [2.45, 2.75) is 18.7 Å². The van der Waals surface area contributed by atoms with Crippen LogP contribution in [0.3, 0.4) is 0 Å². The van der Waals surface area contributed by atoms with Gasteiger partial charge in [-0.25, -0.2) is 13.1 Å². The molecule has 21 heavy (non-hydrogen) atoms. The van der Waals surface area contributed by atoms with E-state index >= 15 is 0 Å². The summed E-state index contributed by atoms with van der Waals surface area (Å²) in [5.41, 5.74) is 11.0. The first kappa shape index (κ1) is 17.4. The normalized spacial score (nSPS) is 11.8. The van der Waals surface area contributed by atoms with Crippen molar-refractivity contribution < 1.29 is 13.2 Å². The van der Waals surface area contributed by atoms with Crippen molar-refractivity contribution in [1.29, 1.82) is 0 Å². The number of anilines is 1. The number of carbonyl (C=O) groups is 1. The highest BCUT2D eigenvalue weighted by Crippen LogP contribution is 2.19. The average molecular weight is 314 g/mol. The molecule has 0 atom stereocenters. The molecule has 1 rings (SSSR count). The molecule has 0 saturated heterocycles. The molecule has 0 unspecified atom stereocenters. The maximum Gasteiger partial charge on any atom is 0.248 e. The fourth-order valence-electron chi connectivity index (χ4n) is 1.90. The van der Waals surface area contributed by atoms with E-state index in [1.165, 1.54) is 18.2 Å². The Labute approximate surface area is 125 Å². The van der Waals surface area contributed by atoms with E-state index in [0.29, 0.717) is 13.1 Å². The van der Waals surface area contributed by atoms with E-state index in [-0.39, 0.29) is 16.1 Å². The summed E-state index contributed by atoms with van der Waals surface area (Å²) in [4.78, 5) is 13.1. The number of nitrogens with two attached hydrogens (primary N) is 2. The smallest absolute Gasteiger partial charge is 0.248 e. The molecule has 0 spiro atoms. The predicted octanol–water partition coefficient (Wildman–Crippen LogP) is -0.0122. The highest BCUT2D eigenvalue weighted by molar-refractivity contribution is 7.89. The highest BCUT2D eigenvalue weighted by Gasteiger charge is 2.18. The van der Waals surface area contributed by atoms with Gasteiger partial charge in [0.15, 0.2) is 0 Å². The van der Waals surface area contributed by atoms with Crippen molar-refractivity contribution in [3.8, 4) is 0 Å². The van der Waals surface area contributed by atoms with Crippen LogP contribution in [0.2, 0.25) is 0 Å². The third-order valence-corrected chi connectivity index (χ3v) is 4.73. The Morgan fingerprint density at radius 3 is 2.38 bits per heavy atom. The molecule has 1 amide bonds. The van der Waals surface area contributed by atoms with E-state index in [2.05, 4.69) is 9.62 Å². The Morgan fingerprint density at radius 1 is 1.29 bits per heavy atom. The number of hydrogen-bond acceptors (Lipinski definition) is 5. The fourth-order valence-corrected chi connectivity index (χ4v) is 3.03. The summed E-state index contributed by atoms with van der Waals surface area (Å²) in [6, 6.07) is 3.90. The van der Waals surface area contributed by atoms with Crippen LogP contribution in [0.1, 0.15) is 24.2 Å². The summed E-state index contributed by atoms with van der Waals surface area (Å²) in [5, 5.41) is 0. The molecule has 0 aliphatic heterocycles. The fraction of sp³-hybridized carbons (Fsp3) is 0.462. The number of nitrogens with zero attached hydrogens (tertiary/aromatic N) is 1. The number of hydrogen-bond donors (Lipinski definition) is 3. The quantitative estimate of drug-likeness (QED) is 0.583. The van der Waals surface area contributed by atoms with Crippen LogP contribution in [0.25, 0.3) is 0 Å². The number of rotatable bonds is 8. The molecule has 1 aromatic carbocycles. The van der Waals surface area contributed by atoms with Gasteiger partial charge in [0.2, 0.25) is 15.9 Å². The van der Waals surface area contributed by atoms with Crippen molar-refractivity contribution >= 4 is 21.6 Å². The average Bonchev–Trinajstić information content (AvgIpc) is 2.43. The van der Waals surface area contributed by atoms with Crippen molar-refractivity contribution in [2.24, 2.45) is 5.73 Å². The third-order valence-electron chi connectivity index (χ3n) is 3.20. The minimum Gasteiger partial charge on any atom is -0.398 e. The molecule has 0 bridgehead atoms. The van der Waals surface area contributed by atoms with Crippen LogP contribution < -0.4 is 16.2 Å². The maximum atomic E-state index is 12.2. The lowest BCUT2D eigenvalue weighted by molar-refractivity contribution is 0.1000. The maximum absolute atomic E-state index is 12.2. The Balaban J connectivity index is 2.81. The Bertz CT molecular complexity index is 597. The second kappa shape index (κ2) is 7.39. The van der Waals surface area contributed by atoms with Gasteiger partial charge in [-0.2, -0.15) is 0 Å². The monoisotopic (exact) mass is 314 g/mol. The van der Waals surface area contributed by atoms with E-state index in [0.717, 1.165) is 13.1 Å². The molecule has 0 heterocycles. The predicted molar refractivity (Wildman–Crippen MR) is 82.3 cm³/mol. The van der Waals surface area contributed by atoms with Gasteiger partial charge in [-0.05, 0) is 31.3 Å². The van der Waals surface area contributed by atoms with Crippen molar-refractivity contribution in [3.05, 3.63) is 23.8 Å². The Morgan fingerprint density at radius 2 is 1.90 bits per heavy atom. The molecule has 0 fully saturated rings. The molecule has 118 valence electrons. The van der Waals surface area contributed by atoms with E-state index in [9.17, 15) is 13.2 Å². The first-order chi connectivity index (χ1) is 9.81. The number of primary amides is 1. The van der Waals surface area contributed by atoms with E-state index in [1.54, 1.807) is 0 Å². The molecule has 0 aliphatic carbocycles. The summed E-state index contributed by atoms with van der Waals surface area (Å²) in [7, 11) is -3.70. The minimum atomic E-state index is -3.70. The van der Waals surface area contributed by atoms with Gasteiger partial charge < -0.3 is 16.4 Å². The SMILES string of the molecule is CCN(CC)CCNS(=O)(=O)c1ccc(C(N)=O)cc1N. The topological polar surface area (TPSA) is 119 Å². The molecule has 0 aromatic heterocycles. The number of nitrogens with one attached hydrogen (secondary N) is 1. The van der Waals surface area contributed by atoms with Gasteiger partial charge in [-0.1, -0.05) is 13.8 Å². The van der Waals surface area contributed by atoms with E-state index < -0.39 is 15.9 Å². The molecule has 0 saturated carbocycles. The molecule has 0 aliphatic rings. The number of benzene rings is 1. The lowest BCUT2D eigenvalue weighted by Gasteiger charge is -2.18. The zero-order chi connectivity index (χ0) is 16.0. The molecular formula is C13H22N4O3S. The summed E-state index contributed by atoms with van der Waals surface area (Å²) in [6.07, 6.45) is 0. The molecule has 0 radical (unpaired) electrons. The van der Waals surface area contributed by atoms with Gasteiger partial charge in [-0.3, -0.25) is 4.79 Å². The number of sulfonamides is 1. The minimum absolute atomic E-state index is 0.00152. The van der Waals surface area contributed by atoms with Crippen LogP contribution in [-0.4, -0.2) is 45.4 Å². The van der Waals surface area contributed by atoms with Crippen molar-refractivity contribution in [2.75, 3.05) is 31.9 Å². The van der Waals surface area contributed by atoms with Gasteiger partial charge in [0, 0.05) is 18.7 Å². The van der Waals surface area contributed by atoms with E-state index in [4.69, 9.17) is 11.5 Å². The van der Waals surface area contributed by atoms with Crippen molar-refractivity contribution in [1.82, 2.24) is 9.62 Å². The zero-order valence-corrected chi connectivity index (χ0v) is 13.1. The molecular weight excluding hydrogens is 292 g/mol. The second-order valence-electron chi connectivity index (χ2n) is 4.54. The lowest BCUT2D eigenvalue weighted by atomic mass is 10.2. The van der Waals surface area contributed by atoms with Crippen LogP contribution in [0.15, 0.2) is 23.1 Å². The van der Waals surface area contributed by atoms with Crippen LogP contribution in [0, 0.1) is 0 Å². The van der Waals surface area contributed by atoms with Gasteiger partial charge in [0.25, 0.3) is 0 Å². The van der Waals surface area contributed by atoms with Crippen LogP contribution in [-0.2, 0) is 10.0 Å². The van der Waals surface area contributed by atoms with Gasteiger partial charge in [0.1, 0.15) is 4.90 Å². The standard InChI is InChI=1S/C13H22N4O3S/c1-3-17(4-2)8-7-16-21(19,20)12-6-5-10(13(15)18)9-11(12)14/h5-6,9,16H,3-4,7-8,14H2,1-2H3,(H2,15,18). The number of carbonyl (C=O) groups excluding carboxylic acids is 1. The molecule has 5 N–H and O–H groups in total. The number of likely N-dealkylation sites (N-methyl/N-ethyl adjacent to an activating group) is 1. The van der Waals surface area contributed by atoms with Crippen molar-refractivity contribution in [3.63, 3.8) is 0 Å². The lowest BCUT2D eigenvalue weighted by Crippen LogP contribution is -2.35. The first-order valence-corrected chi connectivity index (χ1v) is 8.21. The van der Waals surface area contributed by atoms with Crippen LogP contribution in [0.5, 0.6) is 0 Å². The third kappa shape index (κ3) is 4.69. The van der Waals surface area contributed by atoms with Gasteiger partial charge in [-0.15, -0.1) is 0 Å². The summed E-state index contributed by atoms with van der Waals surface area (Å²) in [6.45, 7) is 6.64. The molecule has 8 heteroatoms. The van der Waals surface area contributed by atoms with Crippen LogP contribution >= 0.6 is 0 Å². The van der Waals surface area contributed by atoms with Gasteiger partial charge in [0.05, 0.1) is 5.69 Å². The summed E-state index contributed by atoms with van der Waals surface area (Å²) >= 11 is 0. The summed E-state index contributed by atoms with van der Waals surface area (Å²) < 4.78 is 26.8. The zero-order valence-electron chi connectivity index (χ0n) is 12.3. The van der Waals surface area contributed by atoms with Gasteiger partial charge >= 0.3 is 0 Å². The molecule has 7 nitrogen and oxygen atoms in total. The van der Waals surface area contributed by atoms with E-state index in [1.807, 2.05) is 13.8 Å². The number of nitrogen functional groups attached to an aromatic ring is 1. The highest BCUT2D eigenvalue weighted by atomic mass is 32.2. The second-order valence-corrected chi connectivity index (χ2v) is 6.28. The summed E-state index contributed by atoms with van der Waals surface area (Å²) in [5.74, 6) is -0.653. The van der Waals surface area contributed by atoms with Crippen LogP contribution in [0.4, 0.5) is 5.69 Å². The largest absolute Gasteiger partial charge is 0.398 e. The Hall–Kier alpha value is -1.64. The first-order valence-electron chi connectivity index (χ1n) is 6.73. The Kier molecular flexibility index (Phi) is 6.13.